The normalized spacial score (nSPS) is 14.8. The number of nitrogens with two attached hydrogens (primary N) is 1. The third-order valence-corrected chi connectivity index (χ3v) is 5.38. The maximum absolute atomic E-state index is 12.4. The number of unbranched alkanes of at least 4 members (excludes halogenated alkanes) is 1. The Balaban J connectivity index is 2.15. The first kappa shape index (κ1) is 16.0. The Morgan fingerprint density at radius 1 is 1.33 bits per heavy atom. The maximum atomic E-state index is 12.4. The van der Waals surface area contributed by atoms with Crippen molar-refractivity contribution in [3.63, 3.8) is 0 Å². The zero-order valence-electron chi connectivity index (χ0n) is 12.8. The molecule has 2 amide bonds. The van der Waals surface area contributed by atoms with Crippen LogP contribution in [0.25, 0.3) is 0 Å². The van der Waals surface area contributed by atoms with Crippen molar-refractivity contribution < 1.29 is 9.59 Å². The summed E-state index contributed by atoms with van der Waals surface area (Å²) in [6, 6.07) is 0. The van der Waals surface area contributed by atoms with E-state index >= 15 is 0 Å². The molecule has 0 fully saturated rings. The zero-order valence-corrected chi connectivity index (χ0v) is 13.6. The predicted octanol–water partition coefficient (Wildman–Crippen LogP) is 3.49. The fourth-order valence-corrected chi connectivity index (χ4v) is 4.24. The molecule has 1 aromatic heterocycles. The van der Waals surface area contributed by atoms with Gasteiger partial charge in [0.2, 0.25) is 5.91 Å². The smallest absolute Gasteiger partial charge is 0.251 e. The SMILES string of the molecule is CCCC[C@@H](CC)C(=O)Nc1sc2c(c1C(N)=O)CCC2. The van der Waals surface area contributed by atoms with Gasteiger partial charge in [-0.15, -0.1) is 11.3 Å². The van der Waals surface area contributed by atoms with Crippen LogP contribution < -0.4 is 11.1 Å². The molecule has 0 spiro atoms. The summed E-state index contributed by atoms with van der Waals surface area (Å²) in [5.41, 5.74) is 7.12. The molecule has 0 aliphatic heterocycles. The van der Waals surface area contributed by atoms with Crippen molar-refractivity contribution >= 4 is 28.2 Å². The number of nitrogens with one attached hydrogen (secondary N) is 1. The minimum absolute atomic E-state index is 0.0163. The minimum atomic E-state index is -0.425. The molecule has 0 aromatic carbocycles. The van der Waals surface area contributed by atoms with Crippen LogP contribution in [0, 0.1) is 5.92 Å². The Morgan fingerprint density at radius 2 is 2.10 bits per heavy atom. The van der Waals surface area contributed by atoms with E-state index in [2.05, 4.69) is 12.2 Å². The lowest BCUT2D eigenvalue weighted by Gasteiger charge is -2.14. The van der Waals surface area contributed by atoms with Crippen molar-refractivity contribution in [1.82, 2.24) is 0 Å². The number of carbonyl (C=O) groups is 2. The van der Waals surface area contributed by atoms with Crippen LogP contribution >= 0.6 is 11.3 Å². The second-order valence-electron chi connectivity index (χ2n) is 5.66. The molecule has 0 radical (unpaired) electrons. The van der Waals surface area contributed by atoms with Crippen molar-refractivity contribution in [3.8, 4) is 0 Å². The van der Waals surface area contributed by atoms with Crippen molar-refractivity contribution in [2.75, 3.05) is 5.32 Å². The molecular formula is C16H24N2O2S. The van der Waals surface area contributed by atoms with Gasteiger partial charge in [-0.05, 0) is 37.7 Å². The molecule has 1 aliphatic carbocycles. The van der Waals surface area contributed by atoms with Crippen LogP contribution in [0.1, 0.15) is 66.8 Å². The highest BCUT2D eigenvalue weighted by Crippen LogP contribution is 2.39. The second-order valence-corrected chi connectivity index (χ2v) is 6.77. The van der Waals surface area contributed by atoms with E-state index < -0.39 is 5.91 Å². The van der Waals surface area contributed by atoms with Gasteiger partial charge in [-0.2, -0.15) is 0 Å². The van der Waals surface area contributed by atoms with Crippen LogP contribution in [0.2, 0.25) is 0 Å². The van der Waals surface area contributed by atoms with Gasteiger partial charge in [-0.1, -0.05) is 26.7 Å². The Labute approximate surface area is 130 Å². The summed E-state index contributed by atoms with van der Waals surface area (Å²) in [4.78, 5) is 25.3. The zero-order chi connectivity index (χ0) is 15.4. The average Bonchev–Trinajstić information content (AvgIpc) is 2.99. The van der Waals surface area contributed by atoms with Gasteiger partial charge in [0.05, 0.1) is 5.56 Å². The van der Waals surface area contributed by atoms with E-state index in [9.17, 15) is 9.59 Å². The summed E-state index contributed by atoms with van der Waals surface area (Å²) in [7, 11) is 0. The van der Waals surface area contributed by atoms with Crippen molar-refractivity contribution in [2.45, 2.75) is 58.8 Å². The maximum Gasteiger partial charge on any atom is 0.251 e. The van der Waals surface area contributed by atoms with Gasteiger partial charge in [0.15, 0.2) is 0 Å². The number of primary amides is 1. The summed E-state index contributed by atoms with van der Waals surface area (Å²) in [6.07, 6.45) is 6.82. The lowest BCUT2D eigenvalue weighted by Crippen LogP contribution is -2.24. The van der Waals surface area contributed by atoms with Crippen LogP contribution in [-0.2, 0) is 17.6 Å². The number of amides is 2. The fourth-order valence-electron chi connectivity index (χ4n) is 2.94. The number of anilines is 1. The minimum Gasteiger partial charge on any atom is -0.365 e. The van der Waals surface area contributed by atoms with Crippen LogP contribution in [-0.4, -0.2) is 11.8 Å². The van der Waals surface area contributed by atoms with Gasteiger partial charge in [-0.3, -0.25) is 9.59 Å². The van der Waals surface area contributed by atoms with Crippen molar-refractivity contribution in [3.05, 3.63) is 16.0 Å². The molecule has 0 saturated heterocycles. The van der Waals surface area contributed by atoms with E-state index in [1.165, 1.54) is 16.2 Å². The second kappa shape index (κ2) is 7.07. The molecule has 0 unspecified atom stereocenters. The lowest BCUT2D eigenvalue weighted by atomic mass is 9.98. The summed E-state index contributed by atoms with van der Waals surface area (Å²) >= 11 is 1.52. The van der Waals surface area contributed by atoms with E-state index in [0.29, 0.717) is 10.6 Å². The topological polar surface area (TPSA) is 72.2 Å². The lowest BCUT2D eigenvalue weighted by molar-refractivity contribution is -0.120. The van der Waals surface area contributed by atoms with Gasteiger partial charge in [0, 0.05) is 10.8 Å². The molecule has 3 N–H and O–H groups in total. The number of thiophene rings is 1. The molecule has 1 heterocycles. The van der Waals surface area contributed by atoms with Crippen LogP contribution in [0.4, 0.5) is 5.00 Å². The number of aryl methyl sites for hydroxylation is 1. The Hall–Kier alpha value is -1.36. The summed E-state index contributed by atoms with van der Waals surface area (Å²) in [5.74, 6) is -0.387. The van der Waals surface area contributed by atoms with Crippen LogP contribution in [0.5, 0.6) is 0 Å². The first-order chi connectivity index (χ1) is 10.1. The molecule has 0 bridgehead atoms. The van der Waals surface area contributed by atoms with Crippen molar-refractivity contribution in [2.24, 2.45) is 11.7 Å². The molecule has 1 aliphatic rings. The van der Waals surface area contributed by atoms with E-state index in [-0.39, 0.29) is 11.8 Å². The number of hydrogen-bond donors (Lipinski definition) is 2. The van der Waals surface area contributed by atoms with Gasteiger partial charge in [0.1, 0.15) is 5.00 Å². The van der Waals surface area contributed by atoms with Gasteiger partial charge >= 0.3 is 0 Å². The largest absolute Gasteiger partial charge is 0.365 e. The summed E-state index contributed by atoms with van der Waals surface area (Å²) in [6.45, 7) is 4.16. The van der Waals surface area contributed by atoms with E-state index in [1.807, 2.05) is 6.92 Å². The number of fused-ring (bicyclic) bond motifs is 1. The molecule has 0 saturated carbocycles. The molecule has 1 aromatic rings. The van der Waals surface area contributed by atoms with Gasteiger partial charge in [-0.25, -0.2) is 0 Å². The summed E-state index contributed by atoms with van der Waals surface area (Å²) < 4.78 is 0. The highest BCUT2D eigenvalue weighted by Gasteiger charge is 2.27. The molecule has 4 nitrogen and oxygen atoms in total. The molecule has 2 rings (SSSR count). The highest BCUT2D eigenvalue weighted by molar-refractivity contribution is 7.17. The quantitative estimate of drug-likeness (QED) is 0.809. The number of rotatable bonds is 7. The van der Waals surface area contributed by atoms with E-state index in [0.717, 1.165) is 50.5 Å². The first-order valence-corrected chi connectivity index (χ1v) is 8.65. The van der Waals surface area contributed by atoms with Crippen LogP contribution in [0.15, 0.2) is 0 Å². The predicted molar refractivity (Wildman–Crippen MR) is 86.8 cm³/mol. The highest BCUT2D eigenvalue weighted by atomic mass is 32.1. The monoisotopic (exact) mass is 308 g/mol. The van der Waals surface area contributed by atoms with E-state index in [4.69, 9.17) is 5.73 Å². The molecule has 116 valence electrons. The average molecular weight is 308 g/mol. The van der Waals surface area contributed by atoms with Gasteiger partial charge < -0.3 is 11.1 Å². The Bertz CT molecular complexity index is 537. The third-order valence-electron chi connectivity index (χ3n) is 4.17. The van der Waals surface area contributed by atoms with Crippen molar-refractivity contribution in [1.29, 1.82) is 0 Å². The molecule has 1 atom stereocenters. The van der Waals surface area contributed by atoms with Crippen LogP contribution in [0.3, 0.4) is 0 Å². The summed E-state index contributed by atoms with van der Waals surface area (Å²) in [5, 5.41) is 3.62. The molecular weight excluding hydrogens is 284 g/mol. The number of hydrogen-bond acceptors (Lipinski definition) is 3. The molecule has 5 heteroatoms. The fraction of sp³-hybridized carbons (Fsp3) is 0.625. The van der Waals surface area contributed by atoms with Gasteiger partial charge in [0.25, 0.3) is 5.91 Å². The molecule has 21 heavy (non-hydrogen) atoms. The van der Waals surface area contributed by atoms with E-state index in [1.54, 1.807) is 0 Å². The number of carbonyl (C=O) groups excluding carboxylic acids is 2. The third kappa shape index (κ3) is 3.46. The standard InChI is InChI=1S/C16H24N2O2S/c1-3-5-7-10(4-2)15(20)18-16-13(14(17)19)11-8-6-9-12(11)21-16/h10H,3-9H2,1-2H3,(H2,17,19)(H,18,20)/t10-/m1/s1. The Morgan fingerprint density at radius 3 is 2.71 bits per heavy atom. The Kier molecular flexibility index (Phi) is 5.39. The first-order valence-electron chi connectivity index (χ1n) is 7.83.